The van der Waals surface area contributed by atoms with Gasteiger partial charge in [-0.1, -0.05) is 42.2 Å². The number of ether oxygens (including phenoxy) is 2. The molecule has 2 N–H and O–H groups in total. The number of nitrogens with zero attached hydrogens (tertiary/aromatic N) is 2. The maximum Gasteiger partial charge on any atom is 0.335 e. The number of carbonyl (C=O) groups is 1. The Balaban J connectivity index is 1.71. The summed E-state index contributed by atoms with van der Waals surface area (Å²) in [6.45, 7) is 0. The van der Waals surface area contributed by atoms with Crippen LogP contribution in [-0.2, 0) is 0 Å². The highest BCUT2D eigenvalue weighted by atomic mass is 16.5. The number of hydrogen-bond acceptors (Lipinski definition) is 6. The van der Waals surface area contributed by atoms with Gasteiger partial charge in [-0.05, 0) is 59.7 Å². The van der Waals surface area contributed by atoms with Crippen molar-refractivity contribution in [3.05, 3.63) is 94.8 Å². The lowest BCUT2D eigenvalue weighted by Gasteiger charge is -2.11. The maximum atomic E-state index is 11.8. The van der Waals surface area contributed by atoms with Crippen LogP contribution in [0.3, 0.4) is 0 Å². The number of carboxylic acid groups (broad SMARTS) is 1. The second-order valence-electron chi connectivity index (χ2n) is 7.77. The highest BCUT2D eigenvalue weighted by Crippen LogP contribution is 2.28. The van der Waals surface area contributed by atoms with Crippen LogP contribution >= 0.6 is 0 Å². The number of phenols is 1. The molecule has 0 atom stereocenters. The monoisotopic (exact) mass is 483 g/mol. The number of carboxylic acids is 1. The van der Waals surface area contributed by atoms with Crippen molar-refractivity contribution < 1.29 is 29.6 Å². The van der Waals surface area contributed by atoms with Crippen molar-refractivity contribution in [2.75, 3.05) is 14.2 Å². The molecular formula is C28H23N2O6-. The normalized spacial score (nSPS) is 11.3. The molecule has 0 aliphatic rings. The van der Waals surface area contributed by atoms with Gasteiger partial charge in [0.1, 0.15) is 5.75 Å². The standard InChI is InChI=1S/C28H24N2O6/c1-35-26-15-18(5-13-24(26)31)3-7-21-17-30(22-10-8-20(9-11-22)28(33)34)29-23(21)12-4-19-6-14-25(32)27(16-19)36-2/h3-17,31-32H,1-2H3,(H,33,34)/p-1/b7-3+,12-4+. The van der Waals surface area contributed by atoms with Gasteiger partial charge in [-0.15, -0.1) is 0 Å². The zero-order chi connectivity index (χ0) is 25.7. The molecule has 0 saturated carbocycles. The first kappa shape index (κ1) is 24.2. The van der Waals surface area contributed by atoms with Gasteiger partial charge in [0.25, 0.3) is 0 Å². The fourth-order valence-corrected chi connectivity index (χ4v) is 3.49. The summed E-state index contributed by atoms with van der Waals surface area (Å²) < 4.78 is 12.0. The van der Waals surface area contributed by atoms with Crippen LogP contribution in [0.5, 0.6) is 23.0 Å². The Morgan fingerprint density at radius 1 is 0.889 bits per heavy atom. The quantitative estimate of drug-likeness (QED) is 0.373. The Kier molecular flexibility index (Phi) is 7.06. The summed E-state index contributed by atoms with van der Waals surface area (Å²) in [6.07, 6.45) is 9.21. The Bertz CT molecular complexity index is 1370. The molecule has 36 heavy (non-hydrogen) atoms. The van der Waals surface area contributed by atoms with E-state index in [9.17, 15) is 15.0 Å². The van der Waals surface area contributed by atoms with Crippen LogP contribution < -0.4 is 14.6 Å². The van der Waals surface area contributed by atoms with Crippen molar-refractivity contribution in [1.82, 2.24) is 9.78 Å². The summed E-state index contributed by atoms with van der Waals surface area (Å²) in [5.74, 6) is -0.532. The van der Waals surface area contributed by atoms with Crippen LogP contribution in [0.4, 0.5) is 0 Å². The summed E-state index contributed by atoms with van der Waals surface area (Å²) >= 11 is 0. The van der Waals surface area contributed by atoms with Gasteiger partial charge in [0.05, 0.1) is 31.2 Å². The van der Waals surface area contributed by atoms with Gasteiger partial charge in [-0.2, -0.15) is 5.10 Å². The molecule has 0 unspecified atom stereocenters. The molecule has 4 rings (SSSR count). The van der Waals surface area contributed by atoms with E-state index in [4.69, 9.17) is 14.6 Å². The van der Waals surface area contributed by atoms with E-state index in [2.05, 4.69) is 5.10 Å². The molecule has 0 bridgehead atoms. The van der Waals surface area contributed by atoms with Crippen molar-refractivity contribution in [2.24, 2.45) is 0 Å². The smallest absolute Gasteiger partial charge is 0.335 e. The third kappa shape index (κ3) is 5.39. The third-order valence-electron chi connectivity index (χ3n) is 5.43. The predicted octanol–water partition coefficient (Wildman–Crippen LogP) is 4.71. The van der Waals surface area contributed by atoms with E-state index in [-0.39, 0.29) is 22.8 Å². The molecule has 8 nitrogen and oxygen atoms in total. The number of aromatic hydroxyl groups is 1. The third-order valence-corrected chi connectivity index (χ3v) is 5.43. The molecule has 1 heterocycles. The minimum absolute atomic E-state index is 0.0513. The molecule has 0 radical (unpaired) electrons. The molecule has 0 aliphatic heterocycles. The van der Waals surface area contributed by atoms with Crippen LogP contribution in [0.15, 0.2) is 66.9 Å². The molecule has 0 amide bonds. The van der Waals surface area contributed by atoms with Crippen molar-refractivity contribution >= 4 is 30.3 Å². The molecule has 0 saturated heterocycles. The van der Waals surface area contributed by atoms with E-state index in [0.29, 0.717) is 17.1 Å². The first-order valence-corrected chi connectivity index (χ1v) is 10.9. The van der Waals surface area contributed by atoms with Crippen LogP contribution in [-0.4, -0.2) is 40.2 Å². The average molecular weight is 484 g/mol. The largest absolute Gasteiger partial charge is 0.870 e. The number of rotatable bonds is 8. The van der Waals surface area contributed by atoms with Crippen molar-refractivity contribution in [1.29, 1.82) is 0 Å². The van der Waals surface area contributed by atoms with Gasteiger partial charge in [-0.25, -0.2) is 9.48 Å². The number of benzene rings is 3. The van der Waals surface area contributed by atoms with E-state index in [0.717, 1.165) is 16.7 Å². The minimum atomic E-state index is -1.00. The number of aromatic carboxylic acids is 1. The zero-order valence-corrected chi connectivity index (χ0v) is 19.6. The van der Waals surface area contributed by atoms with Crippen molar-refractivity contribution in [3.8, 4) is 28.7 Å². The highest BCUT2D eigenvalue weighted by Gasteiger charge is 2.09. The molecule has 4 aromatic rings. The van der Waals surface area contributed by atoms with E-state index in [1.54, 1.807) is 47.1 Å². The summed E-state index contributed by atoms with van der Waals surface area (Å²) in [5.41, 5.74) is 3.89. The van der Waals surface area contributed by atoms with Crippen molar-refractivity contribution in [2.45, 2.75) is 0 Å². The van der Waals surface area contributed by atoms with Crippen LogP contribution in [0.1, 0.15) is 32.7 Å². The highest BCUT2D eigenvalue weighted by molar-refractivity contribution is 5.87. The Morgan fingerprint density at radius 2 is 1.53 bits per heavy atom. The van der Waals surface area contributed by atoms with Gasteiger partial charge in [0, 0.05) is 11.8 Å². The van der Waals surface area contributed by atoms with Crippen molar-refractivity contribution in [3.63, 3.8) is 0 Å². The molecule has 3 aromatic carbocycles. The zero-order valence-electron chi connectivity index (χ0n) is 19.6. The van der Waals surface area contributed by atoms with E-state index >= 15 is 0 Å². The first-order chi connectivity index (χ1) is 17.4. The Labute approximate surface area is 207 Å². The first-order valence-electron chi connectivity index (χ1n) is 10.9. The topological polar surface area (TPSA) is 117 Å². The summed E-state index contributed by atoms with van der Waals surface area (Å²) in [5, 5.41) is 35.5. The van der Waals surface area contributed by atoms with Gasteiger partial charge in [0.2, 0.25) is 0 Å². The molecular weight excluding hydrogens is 460 g/mol. The van der Waals surface area contributed by atoms with Gasteiger partial charge < -0.3 is 24.8 Å². The minimum Gasteiger partial charge on any atom is -0.870 e. The molecule has 8 heteroatoms. The van der Waals surface area contributed by atoms with Gasteiger partial charge in [0.15, 0.2) is 11.5 Å². The molecule has 0 fully saturated rings. The number of methoxy groups -OCH3 is 2. The second kappa shape index (κ2) is 10.5. The van der Waals surface area contributed by atoms with Crippen LogP contribution in [0.25, 0.3) is 30.0 Å². The lowest BCUT2D eigenvalue weighted by molar-refractivity contribution is -0.270. The molecule has 182 valence electrons. The van der Waals surface area contributed by atoms with Crippen LogP contribution in [0.2, 0.25) is 0 Å². The van der Waals surface area contributed by atoms with Gasteiger partial charge in [-0.3, -0.25) is 0 Å². The van der Waals surface area contributed by atoms with Crippen LogP contribution in [0, 0.1) is 0 Å². The Morgan fingerprint density at radius 3 is 2.19 bits per heavy atom. The average Bonchev–Trinajstić information content (AvgIpc) is 3.30. The summed E-state index contributed by atoms with van der Waals surface area (Å²) in [6, 6.07) is 16.2. The SMILES string of the molecule is COc1cc(/C=C/c2nn(-c3ccc(C(=O)O)cc3)cc2/C=C/c2ccc(O)c(OC)c2)ccc1[O-]. The molecule has 0 aliphatic carbocycles. The summed E-state index contributed by atoms with van der Waals surface area (Å²) in [7, 11) is 2.93. The summed E-state index contributed by atoms with van der Waals surface area (Å²) in [4.78, 5) is 11.2. The number of phenolic OH excluding ortho intramolecular Hbond substituents is 1. The fraction of sp³-hybridized carbons (Fsp3) is 0.0714. The second-order valence-corrected chi connectivity index (χ2v) is 7.77. The lowest BCUT2D eigenvalue weighted by atomic mass is 10.1. The lowest BCUT2D eigenvalue weighted by Crippen LogP contribution is -1.98. The fourth-order valence-electron chi connectivity index (χ4n) is 3.49. The van der Waals surface area contributed by atoms with E-state index in [1.165, 1.54) is 32.4 Å². The molecule has 1 aromatic heterocycles. The number of hydrogen-bond donors (Lipinski definition) is 2. The van der Waals surface area contributed by atoms with E-state index < -0.39 is 5.97 Å². The predicted molar refractivity (Wildman–Crippen MR) is 135 cm³/mol. The van der Waals surface area contributed by atoms with Gasteiger partial charge >= 0.3 is 5.97 Å². The number of aromatic nitrogens is 2. The maximum absolute atomic E-state index is 11.8. The Hall–Kier alpha value is -4.98. The van der Waals surface area contributed by atoms with E-state index in [1.807, 2.05) is 30.5 Å². The molecule has 0 spiro atoms.